The number of carbonyl (C=O) groups excluding carboxylic acids is 1. The Kier molecular flexibility index (Phi) is 3.50. The molecule has 2 fully saturated rings. The van der Waals surface area contributed by atoms with Crippen LogP contribution in [0.2, 0.25) is 0 Å². The molecule has 2 heterocycles. The summed E-state index contributed by atoms with van der Waals surface area (Å²) in [6.45, 7) is 5.67. The Balaban J connectivity index is 1.96. The van der Waals surface area contributed by atoms with E-state index in [-0.39, 0.29) is 12.0 Å². The SMILES string of the molecule is CCC1(C(=O)N2CC(CO)C2)CCCNC1. The average Bonchev–Trinajstić information content (AvgIpc) is 2.28. The summed E-state index contributed by atoms with van der Waals surface area (Å²) in [7, 11) is 0. The van der Waals surface area contributed by atoms with Crippen molar-refractivity contribution in [2.45, 2.75) is 26.2 Å². The number of piperidine rings is 1. The molecule has 2 aliphatic rings. The quantitative estimate of drug-likeness (QED) is 0.723. The van der Waals surface area contributed by atoms with Crippen LogP contribution in [0.15, 0.2) is 0 Å². The van der Waals surface area contributed by atoms with Gasteiger partial charge in [0.05, 0.1) is 5.41 Å². The van der Waals surface area contributed by atoms with Gasteiger partial charge in [-0.25, -0.2) is 0 Å². The third-order valence-corrected chi connectivity index (χ3v) is 4.11. The second kappa shape index (κ2) is 4.72. The first kappa shape index (κ1) is 11.9. The van der Waals surface area contributed by atoms with Gasteiger partial charge in [0.15, 0.2) is 0 Å². The number of nitrogens with one attached hydrogen (secondary N) is 1. The van der Waals surface area contributed by atoms with Crippen LogP contribution in [-0.2, 0) is 4.79 Å². The van der Waals surface area contributed by atoms with E-state index in [9.17, 15) is 4.79 Å². The van der Waals surface area contributed by atoms with Crippen LogP contribution in [0.4, 0.5) is 0 Å². The summed E-state index contributed by atoms with van der Waals surface area (Å²) in [5, 5.41) is 12.3. The molecular formula is C12H22N2O2. The minimum atomic E-state index is -0.168. The molecule has 0 bridgehead atoms. The van der Waals surface area contributed by atoms with Gasteiger partial charge in [0.25, 0.3) is 0 Å². The van der Waals surface area contributed by atoms with Crippen molar-refractivity contribution in [3.63, 3.8) is 0 Å². The molecule has 2 aliphatic heterocycles. The van der Waals surface area contributed by atoms with Crippen LogP contribution in [0.25, 0.3) is 0 Å². The van der Waals surface area contributed by atoms with Crippen molar-refractivity contribution in [3.05, 3.63) is 0 Å². The number of hydrogen-bond donors (Lipinski definition) is 2. The topological polar surface area (TPSA) is 52.6 Å². The molecule has 1 unspecified atom stereocenters. The van der Waals surface area contributed by atoms with Gasteiger partial charge in [-0.2, -0.15) is 0 Å². The summed E-state index contributed by atoms with van der Waals surface area (Å²) >= 11 is 0. The fraction of sp³-hybridized carbons (Fsp3) is 0.917. The zero-order valence-corrected chi connectivity index (χ0v) is 10.0. The molecule has 0 radical (unpaired) electrons. The largest absolute Gasteiger partial charge is 0.396 e. The Bertz CT molecular complexity index is 256. The highest BCUT2D eigenvalue weighted by Gasteiger charge is 2.43. The maximum Gasteiger partial charge on any atom is 0.230 e. The predicted molar refractivity (Wildman–Crippen MR) is 62.0 cm³/mol. The van der Waals surface area contributed by atoms with E-state index in [2.05, 4.69) is 12.2 Å². The standard InChI is InChI=1S/C12H22N2O2/c1-2-12(4-3-5-13-9-12)11(16)14-6-10(7-14)8-15/h10,13,15H,2-9H2,1H3. The van der Waals surface area contributed by atoms with Crippen LogP contribution in [0.3, 0.4) is 0 Å². The third kappa shape index (κ3) is 1.96. The van der Waals surface area contributed by atoms with Crippen molar-refractivity contribution in [2.75, 3.05) is 32.8 Å². The van der Waals surface area contributed by atoms with Gasteiger partial charge in [-0.05, 0) is 25.8 Å². The molecule has 1 amide bonds. The smallest absolute Gasteiger partial charge is 0.230 e. The number of hydrogen-bond acceptors (Lipinski definition) is 3. The van der Waals surface area contributed by atoms with E-state index >= 15 is 0 Å². The van der Waals surface area contributed by atoms with E-state index < -0.39 is 0 Å². The summed E-state index contributed by atoms with van der Waals surface area (Å²) in [5.74, 6) is 0.612. The normalized spacial score (nSPS) is 31.2. The molecule has 0 aromatic heterocycles. The highest BCUT2D eigenvalue weighted by Crippen LogP contribution is 2.34. The van der Waals surface area contributed by atoms with Crippen LogP contribution in [-0.4, -0.2) is 48.7 Å². The summed E-state index contributed by atoms with van der Waals surface area (Å²) < 4.78 is 0. The molecule has 0 saturated carbocycles. The van der Waals surface area contributed by atoms with Gasteiger partial charge >= 0.3 is 0 Å². The lowest BCUT2D eigenvalue weighted by atomic mass is 9.76. The van der Waals surface area contributed by atoms with Gasteiger partial charge in [0.1, 0.15) is 0 Å². The van der Waals surface area contributed by atoms with E-state index in [1.807, 2.05) is 4.90 Å². The zero-order chi connectivity index (χ0) is 11.6. The van der Waals surface area contributed by atoms with Gasteiger partial charge in [0, 0.05) is 32.2 Å². The minimum absolute atomic E-state index is 0.168. The second-order valence-electron chi connectivity index (χ2n) is 5.17. The lowest BCUT2D eigenvalue weighted by Crippen LogP contribution is -2.59. The van der Waals surface area contributed by atoms with Crippen LogP contribution >= 0.6 is 0 Å². The van der Waals surface area contributed by atoms with Crippen LogP contribution in [0, 0.1) is 11.3 Å². The summed E-state index contributed by atoms with van der Waals surface area (Å²) in [5.41, 5.74) is -0.168. The average molecular weight is 226 g/mol. The number of likely N-dealkylation sites (tertiary alicyclic amines) is 1. The Morgan fingerprint density at radius 2 is 2.31 bits per heavy atom. The highest BCUT2D eigenvalue weighted by molar-refractivity contribution is 5.83. The number of aliphatic hydroxyl groups is 1. The van der Waals surface area contributed by atoms with Crippen molar-refractivity contribution >= 4 is 5.91 Å². The molecule has 2 N–H and O–H groups in total. The molecule has 92 valence electrons. The molecule has 2 rings (SSSR count). The first-order chi connectivity index (χ1) is 7.72. The van der Waals surface area contributed by atoms with Crippen molar-refractivity contribution in [1.29, 1.82) is 0 Å². The Hall–Kier alpha value is -0.610. The molecule has 0 aromatic rings. The molecule has 2 saturated heterocycles. The van der Waals surface area contributed by atoms with Crippen molar-refractivity contribution in [1.82, 2.24) is 10.2 Å². The second-order valence-corrected chi connectivity index (χ2v) is 5.17. The minimum Gasteiger partial charge on any atom is -0.396 e. The molecule has 0 aliphatic carbocycles. The van der Waals surface area contributed by atoms with Gasteiger partial charge in [-0.15, -0.1) is 0 Å². The maximum atomic E-state index is 12.4. The Labute approximate surface area is 97.0 Å². The van der Waals surface area contributed by atoms with Crippen LogP contribution < -0.4 is 5.32 Å². The van der Waals surface area contributed by atoms with Crippen molar-refractivity contribution < 1.29 is 9.90 Å². The summed E-state index contributed by atoms with van der Waals surface area (Å²) in [6, 6.07) is 0. The number of amides is 1. The first-order valence-electron chi connectivity index (χ1n) is 6.33. The first-order valence-corrected chi connectivity index (χ1v) is 6.33. The van der Waals surface area contributed by atoms with Gasteiger partial charge < -0.3 is 15.3 Å². The molecule has 0 spiro atoms. The molecule has 4 heteroatoms. The van der Waals surface area contributed by atoms with Crippen LogP contribution in [0.5, 0.6) is 0 Å². The van der Waals surface area contributed by atoms with Gasteiger partial charge in [-0.3, -0.25) is 4.79 Å². The maximum absolute atomic E-state index is 12.4. The van der Waals surface area contributed by atoms with E-state index in [1.54, 1.807) is 0 Å². The number of aliphatic hydroxyl groups excluding tert-OH is 1. The number of nitrogens with zero attached hydrogens (tertiary/aromatic N) is 1. The highest BCUT2D eigenvalue weighted by atomic mass is 16.3. The van der Waals surface area contributed by atoms with E-state index in [4.69, 9.17) is 5.11 Å². The Morgan fingerprint density at radius 1 is 1.56 bits per heavy atom. The summed E-state index contributed by atoms with van der Waals surface area (Å²) in [6.07, 6.45) is 3.02. The lowest BCUT2D eigenvalue weighted by molar-refractivity contribution is -0.151. The fourth-order valence-electron chi connectivity index (χ4n) is 2.79. The van der Waals surface area contributed by atoms with Gasteiger partial charge in [0.2, 0.25) is 5.91 Å². The van der Waals surface area contributed by atoms with E-state index in [0.29, 0.717) is 11.8 Å². The molecule has 4 nitrogen and oxygen atoms in total. The van der Waals surface area contributed by atoms with Gasteiger partial charge in [-0.1, -0.05) is 6.92 Å². The van der Waals surface area contributed by atoms with Crippen molar-refractivity contribution in [2.24, 2.45) is 11.3 Å². The van der Waals surface area contributed by atoms with Crippen molar-refractivity contribution in [3.8, 4) is 0 Å². The number of rotatable bonds is 3. The predicted octanol–water partition coefficient (Wildman–Crippen LogP) is 0.217. The van der Waals surface area contributed by atoms with E-state index in [1.165, 1.54) is 0 Å². The summed E-state index contributed by atoms with van der Waals surface area (Å²) in [4.78, 5) is 14.3. The van der Waals surface area contributed by atoms with Crippen LogP contribution in [0.1, 0.15) is 26.2 Å². The Morgan fingerprint density at radius 3 is 2.81 bits per heavy atom. The third-order valence-electron chi connectivity index (χ3n) is 4.11. The lowest BCUT2D eigenvalue weighted by Gasteiger charge is -2.46. The van der Waals surface area contributed by atoms with E-state index in [0.717, 1.165) is 45.4 Å². The monoisotopic (exact) mass is 226 g/mol. The molecular weight excluding hydrogens is 204 g/mol. The number of carbonyl (C=O) groups is 1. The zero-order valence-electron chi connectivity index (χ0n) is 10.0. The molecule has 0 aromatic carbocycles. The fourth-order valence-corrected chi connectivity index (χ4v) is 2.79. The molecule has 16 heavy (non-hydrogen) atoms. The molecule has 1 atom stereocenters.